The second-order valence-electron chi connectivity index (χ2n) is 11.9. The van der Waals surface area contributed by atoms with Gasteiger partial charge in [-0.2, -0.15) is 0 Å². The highest BCUT2D eigenvalue weighted by atomic mass is 14.9. The van der Waals surface area contributed by atoms with Crippen LogP contribution in [0.15, 0.2) is 127 Å². The molecule has 0 spiro atoms. The first-order valence-electron chi connectivity index (χ1n) is 19.1. The first-order chi connectivity index (χ1) is 24.8. The molecule has 1 aromatic heterocycles. The molecule has 0 aliphatic carbocycles. The number of hydrogen-bond donors (Lipinski definition) is 0. The SMILES string of the molecule is CC.CC.CC.CC.Cc1cc(C)c2ccccc2c1.Cc1ccc2c3c4ccccc4ccc3n(C)c2c1.Cc1ccc2ccc(C)cc2c1. The van der Waals surface area contributed by atoms with Gasteiger partial charge in [-0.05, 0) is 90.2 Å². The maximum Gasteiger partial charge on any atom is 0.0495 e. The molecule has 0 unspecified atom stereocenters. The van der Waals surface area contributed by atoms with Crippen molar-refractivity contribution in [3.8, 4) is 0 Å². The van der Waals surface area contributed by atoms with E-state index in [2.05, 4.69) is 174 Å². The smallest absolute Gasteiger partial charge is 0.0495 e. The zero-order valence-electron chi connectivity index (χ0n) is 34.1. The molecular weight excluding hydrogens is 615 g/mol. The number of aromatic nitrogens is 1. The molecule has 0 aliphatic rings. The van der Waals surface area contributed by atoms with Crippen LogP contribution in [0.1, 0.15) is 83.2 Å². The molecule has 8 aromatic rings. The summed E-state index contributed by atoms with van der Waals surface area (Å²) >= 11 is 0. The monoisotopic (exact) mass is 677 g/mol. The van der Waals surface area contributed by atoms with Gasteiger partial charge in [0.05, 0.1) is 0 Å². The van der Waals surface area contributed by atoms with Gasteiger partial charge in [0.15, 0.2) is 0 Å². The Balaban J connectivity index is 0.000000249. The summed E-state index contributed by atoms with van der Waals surface area (Å²) in [6, 6.07) is 45.8. The normalized spacial score (nSPS) is 9.76. The molecular formula is C50H63N. The second-order valence-corrected chi connectivity index (χ2v) is 11.9. The van der Waals surface area contributed by atoms with Crippen LogP contribution in [0.4, 0.5) is 0 Å². The van der Waals surface area contributed by atoms with E-state index in [0.717, 1.165) is 0 Å². The lowest BCUT2D eigenvalue weighted by atomic mass is 10.0. The summed E-state index contributed by atoms with van der Waals surface area (Å²) in [6.45, 7) is 26.7. The van der Waals surface area contributed by atoms with E-state index >= 15 is 0 Å². The molecule has 51 heavy (non-hydrogen) atoms. The van der Waals surface area contributed by atoms with Crippen molar-refractivity contribution < 1.29 is 0 Å². The quantitative estimate of drug-likeness (QED) is 0.151. The summed E-state index contributed by atoms with van der Waals surface area (Å²) in [7, 11) is 2.15. The van der Waals surface area contributed by atoms with Crippen molar-refractivity contribution in [1.82, 2.24) is 4.57 Å². The summed E-state index contributed by atoms with van der Waals surface area (Å²) in [5.41, 5.74) is 9.28. The second kappa shape index (κ2) is 21.4. The molecule has 0 saturated heterocycles. The average molecular weight is 678 g/mol. The number of benzene rings is 7. The third kappa shape index (κ3) is 10.6. The first kappa shape index (κ1) is 42.3. The summed E-state index contributed by atoms with van der Waals surface area (Å²) in [5.74, 6) is 0. The van der Waals surface area contributed by atoms with E-state index in [9.17, 15) is 0 Å². The molecule has 1 heteroatoms. The maximum atomic E-state index is 2.30. The molecule has 7 aromatic carbocycles. The predicted molar refractivity (Wildman–Crippen MR) is 235 cm³/mol. The van der Waals surface area contributed by atoms with Crippen molar-refractivity contribution in [3.05, 3.63) is 155 Å². The van der Waals surface area contributed by atoms with Crippen LogP contribution in [-0.2, 0) is 7.05 Å². The van der Waals surface area contributed by atoms with Crippen molar-refractivity contribution in [2.24, 2.45) is 7.05 Å². The van der Waals surface area contributed by atoms with Gasteiger partial charge in [0, 0.05) is 28.9 Å². The fourth-order valence-electron chi connectivity index (χ4n) is 6.26. The molecule has 0 N–H and O–H groups in total. The van der Waals surface area contributed by atoms with E-state index in [1.54, 1.807) is 0 Å². The summed E-state index contributed by atoms with van der Waals surface area (Å²) in [5, 5.41) is 10.7. The van der Waals surface area contributed by atoms with Crippen molar-refractivity contribution in [2.45, 2.75) is 90.0 Å². The highest BCUT2D eigenvalue weighted by Crippen LogP contribution is 2.34. The van der Waals surface area contributed by atoms with Gasteiger partial charge in [-0.1, -0.05) is 187 Å². The highest BCUT2D eigenvalue weighted by Gasteiger charge is 2.10. The van der Waals surface area contributed by atoms with Crippen LogP contribution in [0.2, 0.25) is 0 Å². The van der Waals surface area contributed by atoms with Crippen molar-refractivity contribution >= 4 is 54.1 Å². The minimum Gasteiger partial charge on any atom is -0.344 e. The third-order valence-electron chi connectivity index (χ3n) is 8.42. The van der Waals surface area contributed by atoms with Crippen LogP contribution in [0.25, 0.3) is 54.1 Å². The van der Waals surface area contributed by atoms with E-state index in [4.69, 9.17) is 0 Å². The Kier molecular flexibility index (Phi) is 17.7. The molecule has 0 amide bonds. The van der Waals surface area contributed by atoms with Gasteiger partial charge in [0.25, 0.3) is 0 Å². The van der Waals surface area contributed by atoms with Gasteiger partial charge in [-0.15, -0.1) is 0 Å². The zero-order chi connectivity index (χ0) is 38.1. The van der Waals surface area contributed by atoms with Crippen LogP contribution in [0.5, 0.6) is 0 Å². The molecule has 0 radical (unpaired) electrons. The standard InChI is InChI=1S/C18H15N.2C12H12.4C2H6/c1-12-7-9-15-17(11-12)19(2)16-10-8-13-5-3-4-6-14(13)18(15)16;1-9-3-5-11-6-4-10(2)8-12(11)7-9;1-9-7-10(2)12-6-4-3-5-11(12)8-9;4*1-2/h3-11H,1-2H3;2*3-8H,1-2H3;4*1-2H3. The van der Waals surface area contributed by atoms with Gasteiger partial charge in [-0.3, -0.25) is 0 Å². The topological polar surface area (TPSA) is 4.93 Å². The van der Waals surface area contributed by atoms with Crippen LogP contribution in [0, 0.1) is 34.6 Å². The lowest BCUT2D eigenvalue weighted by Crippen LogP contribution is -1.86. The predicted octanol–water partition coefficient (Wildman–Crippen LogP) is 15.8. The van der Waals surface area contributed by atoms with E-state index < -0.39 is 0 Å². The van der Waals surface area contributed by atoms with Crippen LogP contribution < -0.4 is 0 Å². The molecule has 0 bridgehead atoms. The molecule has 0 saturated carbocycles. The van der Waals surface area contributed by atoms with Crippen LogP contribution in [-0.4, -0.2) is 4.57 Å². The Hall–Kier alpha value is -4.88. The minimum absolute atomic E-state index is 1.30. The Bertz CT molecular complexity index is 2210. The Morgan fingerprint density at radius 1 is 0.333 bits per heavy atom. The number of aryl methyl sites for hydroxylation is 6. The fraction of sp³-hybridized carbons (Fsp3) is 0.280. The number of nitrogens with zero attached hydrogens (tertiary/aromatic N) is 1. The van der Waals surface area contributed by atoms with Gasteiger partial charge in [0.1, 0.15) is 0 Å². The van der Waals surface area contributed by atoms with Crippen molar-refractivity contribution in [3.63, 3.8) is 0 Å². The first-order valence-corrected chi connectivity index (χ1v) is 19.1. The molecule has 0 fully saturated rings. The fourth-order valence-corrected chi connectivity index (χ4v) is 6.26. The maximum absolute atomic E-state index is 2.30. The Morgan fingerprint density at radius 3 is 1.41 bits per heavy atom. The molecule has 1 heterocycles. The van der Waals surface area contributed by atoms with E-state index in [-0.39, 0.29) is 0 Å². The third-order valence-corrected chi connectivity index (χ3v) is 8.42. The molecule has 8 rings (SSSR count). The lowest BCUT2D eigenvalue weighted by molar-refractivity contribution is 1.01. The van der Waals surface area contributed by atoms with E-state index in [1.807, 2.05) is 55.4 Å². The zero-order valence-corrected chi connectivity index (χ0v) is 34.1. The lowest BCUT2D eigenvalue weighted by Gasteiger charge is -2.02. The minimum atomic E-state index is 1.30. The van der Waals surface area contributed by atoms with Gasteiger partial charge in [-0.25, -0.2) is 0 Å². The molecule has 0 aliphatic heterocycles. The van der Waals surface area contributed by atoms with Crippen molar-refractivity contribution in [2.75, 3.05) is 0 Å². The van der Waals surface area contributed by atoms with E-state index in [0.29, 0.717) is 0 Å². The summed E-state index contributed by atoms with van der Waals surface area (Å²) in [6.07, 6.45) is 0. The summed E-state index contributed by atoms with van der Waals surface area (Å²) in [4.78, 5) is 0. The summed E-state index contributed by atoms with van der Waals surface area (Å²) < 4.78 is 2.30. The molecule has 0 atom stereocenters. The van der Waals surface area contributed by atoms with Gasteiger partial charge < -0.3 is 4.57 Å². The van der Waals surface area contributed by atoms with E-state index in [1.165, 1.54) is 81.9 Å². The largest absolute Gasteiger partial charge is 0.344 e. The van der Waals surface area contributed by atoms with Gasteiger partial charge >= 0.3 is 0 Å². The van der Waals surface area contributed by atoms with Gasteiger partial charge in [0.2, 0.25) is 0 Å². The number of rotatable bonds is 0. The van der Waals surface area contributed by atoms with Crippen LogP contribution in [0.3, 0.4) is 0 Å². The average Bonchev–Trinajstić information content (AvgIpc) is 3.46. The number of hydrogen-bond acceptors (Lipinski definition) is 0. The van der Waals surface area contributed by atoms with Crippen molar-refractivity contribution in [1.29, 1.82) is 0 Å². The van der Waals surface area contributed by atoms with Crippen LogP contribution >= 0.6 is 0 Å². The molecule has 1 nitrogen and oxygen atoms in total. The Morgan fingerprint density at radius 2 is 0.804 bits per heavy atom. The number of fused-ring (bicyclic) bond motifs is 7. The highest BCUT2D eigenvalue weighted by molar-refractivity contribution is 6.20. The molecule has 268 valence electrons. The Labute approximate surface area is 310 Å².